The Hall–Kier alpha value is -2.23. The number of hydrogen-bond acceptors (Lipinski definition) is 4. The molecule has 4 nitrogen and oxygen atoms in total. The molecule has 0 atom stereocenters. The number of hydrogen-bond donors (Lipinski definition) is 1. The van der Waals surface area contributed by atoms with Gasteiger partial charge >= 0.3 is 12.1 Å². The van der Waals surface area contributed by atoms with Gasteiger partial charge in [-0.1, -0.05) is 0 Å². The molecule has 0 bridgehead atoms. The summed E-state index contributed by atoms with van der Waals surface area (Å²) in [7, 11) is 1.25. The van der Waals surface area contributed by atoms with E-state index < -0.39 is 23.1 Å². The van der Waals surface area contributed by atoms with E-state index >= 15 is 0 Å². The van der Waals surface area contributed by atoms with E-state index in [9.17, 15) is 18.0 Å². The van der Waals surface area contributed by atoms with E-state index in [2.05, 4.69) is 10.1 Å². The number of benzene rings is 1. The number of ether oxygens (including phenoxy) is 1. The molecule has 0 aliphatic rings. The van der Waals surface area contributed by atoms with Crippen molar-refractivity contribution in [3.05, 3.63) is 29.3 Å². The number of nitriles is 1. The Morgan fingerprint density at radius 2 is 2.00 bits per heavy atom. The first kappa shape index (κ1) is 16.8. The first-order chi connectivity index (χ1) is 9.61. The number of halogens is 3. The molecule has 1 N–H and O–H groups in total. The van der Waals surface area contributed by atoms with E-state index in [1.807, 2.05) is 0 Å². The molecule has 0 fully saturated rings. The third-order valence-electron chi connectivity index (χ3n) is 2.93. The van der Waals surface area contributed by atoms with Gasteiger partial charge < -0.3 is 10.1 Å². The van der Waals surface area contributed by atoms with Crippen molar-refractivity contribution in [2.75, 3.05) is 19.0 Å². The Balaban J connectivity index is 2.96. The highest BCUT2D eigenvalue weighted by molar-refractivity contribution is 5.76. The van der Waals surface area contributed by atoms with Crippen molar-refractivity contribution in [3.8, 4) is 6.07 Å². The molecule has 1 aromatic carbocycles. The maximum Gasteiger partial charge on any atom is 0.416 e. The quantitative estimate of drug-likeness (QED) is 0.867. The molecule has 0 saturated heterocycles. The number of nitrogens with zero attached hydrogens (tertiary/aromatic N) is 1. The van der Waals surface area contributed by atoms with Gasteiger partial charge in [-0.05, 0) is 32.0 Å². The van der Waals surface area contributed by atoms with Crippen LogP contribution in [0.4, 0.5) is 18.9 Å². The number of nitrogens with one attached hydrogen (secondary N) is 1. The van der Waals surface area contributed by atoms with Gasteiger partial charge in [0.15, 0.2) is 0 Å². The van der Waals surface area contributed by atoms with Crippen molar-refractivity contribution >= 4 is 11.7 Å². The molecule has 21 heavy (non-hydrogen) atoms. The van der Waals surface area contributed by atoms with Crippen LogP contribution in [0.1, 0.15) is 25.0 Å². The number of esters is 1. The Morgan fingerprint density at radius 3 is 2.48 bits per heavy atom. The summed E-state index contributed by atoms with van der Waals surface area (Å²) in [6.45, 7) is 3.38. The normalized spacial score (nSPS) is 11.7. The predicted molar refractivity (Wildman–Crippen MR) is 70.4 cm³/mol. The van der Waals surface area contributed by atoms with Crippen molar-refractivity contribution in [2.24, 2.45) is 5.41 Å². The molecule has 1 aromatic rings. The zero-order chi connectivity index (χ0) is 16.3. The van der Waals surface area contributed by atoms with E-state index in [0.717, 1.165) is 12.1 Å². The summed E-state index contributed by atoms with van der Waals surface area (Å²) in [6.07, 6.45) is -4.50. The second-order valence-corrected chi connectivity index (χ2v) is 5.10. The van der Waals surface area contributed by atoms with Crippen LogP contribution in [0.3, 0.4) is 0 Å². The van der Waals surface area contributed by atoms with E-state index in [-0.39, 0.29) is 17.8 Å². The summed E-state index contributed by atoms with van der Waals surface area (Å²) in [6, 6.07) is 4.54. The van der Waals surface area contributed by atoms with E-state index in [0.29, 0.717) is 0 Å². The molecule has 7 heteroatoms. The van der Waals surface area contributed by atoms with Gasteiger partial charge in [-0.3, -0.25) is 4.79 Å². The van der Waals surface area contributed by atoms with Crippen molar-refractivity contribution in [2.45, 2.75) is 20.0 Å². The minimum atomic E-state index is -4.50. The zero-order valence-corrected chi connectivity index (χ0v) is 11.8. The molecule has 0 radical (unpaired) electrons. The minimum absolute atomic E-state index is 0.125. The summed E-state index contributed by atoms with van der Waals surface area (Å²) in [5.41, 5.74) is -1.66. The third kappa shape index (κ3) is 4.12. The molecule has 1 rings (SSSR count). The molecule has 0 unspecified atom stereocenters. The van der Waals surface area contributed by atoms with Crippen LogP contribution in [0, 0.1) is 16.7 Å². The van der Waals surface area contributed by atoms with Crippen molar-refractivity contribution in [1.29, 1.82) is 5.26 Å². The summed E-state index contributed by atoms with van der Waals surface area (Å²) >= 11 is 0. The highest BCUT2D eigenvalue weighted by atomic mass is 19.4. The number of carbonyl (C=O) groups is 1. The molecular weight excluding hydrogens is 285 g/mol. The summed E-state index contributed by atoms with van der Waals surface area (Å²) in [5, 5.41) is 11.8. The molecule has 0 amide bonds. The number of rotatable bonds is 4. The lowest BCUT2D eigenvalue weighted by Crippen LogP contribution is -2.33. The van der Waals surface area contributed by atoms with E-state index in [1.54, 1.807) is 19.9 Å². The van der Waals surface area contributed by atoms with Gasteiger partial charge in [-0.15, -0.1) is 0 Å². The fourth-order valence-corrected chi connectivity index (χ4v) is 1.63. The maximum atomic E-state index is 12.6. The average Bonchev–Trinajstić information content (AvgIpc) is 2.42. The Morgan fingerprint density at radius 1 is 1.38 bits per heavy atom. The van der Waals surface area contributed by atoms with Crippen LogP contribution in [-0.2, 0) is 15.7 Å². The molecule has 0 heterocycles. The predicted octanol–water partition coefficient (Wildman–Crippen LogP) is 3.19. The van der Waals surface area contributed by atoms with Gasteiger partial charge in [0.1, 0.15) is 6.07 Å². The fraction of sp³-hybridized carbons (Fsp3) is 0.429. The Kier molecular flexibility index (Phi) is 4.84. The maximum absolute atomic E-state index is 12.6. The number of anilines is 1. The lowest BCUT2D eigenvalue weighted by atomic mass is 9.93. The molecular formula is C14H15F3N2O2. The lowest BCUT2D eigenvalue weighted by molar-refractivity contribution is -0.149. The zero-order valence-electron chi connectivity index (χ0n) is 11.8. The number of carbonyl (C=O) groups excluding carboxylic acids is 1. The number of methoxy groups -OCH3 is 1. The summed E-state index contributed by atoms with van der Waals surface area (Å²) in [5.74, 6) is -0.458. The molecule has 0 saturated carbocycles. The van der Waals surface area contributed by atoms with Crippen LogP contribution in [0.15, 0.2) is 18.2 Å². The van der Waals surface area contributed by atoms with Crippen LogP contribution in [0.25, 0.3) is 0 Å². The molecule has 0 aromatic heterocycles. The lowest BCUT2D eigenvalue weighted by Gasteiger charge is -2.23. The topological polar surface area (TPSA) is 62.1 Å². The monoisotopic (exact) mass is 300 g/mol. The third-order valence-corrected chi connectivity index (χ3v) is 2.93. The standard InChI is InChI=1S/C14H15F3N2O2/c1-13(2,12(20)21-3)8-19-11-5-4-10(14(15,16)17)6-9(11)7-18/h4-6,19H,8H2,1-3H3. The highest BCUT2D eigenvalue weighted by Gasteiger charge is 2.32. The molecule has 114 valence electrons. The van der Waals surface area contributed by atoms with Crippen molar-refractivity contribution in [1.82, 2.24) is 0 Å². The van der Waals surface area contributed by atoms with Gasteiger partial charge in [0.05, 0.1) is 29.3 Å². The van der Waals surface area contributed by atoms with Gasteiger partial charge in [-0.25, -0.2) is 0 Å². The average molecular weight is 300 g/mol. The van der Waals surface area contributed by atoms with Crippen LogP contribution in [0.2, 0.25) is 0 Å². The SMILES string of the molecule is COC(=O)C(C)(C)CNc1ccc(C(F)(F)F)cc1C#N. The van der Waals surface area contributed by atoms with Crippen molar-refractivity contribution < 1.29 is 22.7 Å². The van der Waals surface area contributed by atoms with Gasteiger partial charge in [0.2, 0.25) is 0 Å². The first-order valence-corrected chi connectivity index (χ1v) is 6.05. The summed E-state index contributed by atoms with van der Waals surface area (Å²) < 4.78 is 42.3. The van der Waals surface area contributed by atoms with Crippen molar-refractivity contribution in [3.63, 3.8) is 0 Å². The number of alkyl halides is 3. The van der Waals surface area contributed by atoms with Gasteiger partial charge in [-0.2, -0.15) is 18.4 Å². The van der Waals surface area contributed by atoms with Gasteiger partial charge in [0, 0.05) is 6.54 Å². The van der Waals surface area contributed by atoms with E-state index in [4.69, 9.17) is 5.26 Å². The fourth-order valence-electron chi connectivity index (χ4n) is 1.63. The smallest absolute Gasteiger partial charge is 0.416 e. The molecule has 0 spiro atoms. The Labute approximate surface area is 120 Å². The second-order valence-electron chi connectivity index (χ2n) is 5.10. The Bertz CT molecular complexity index is 575. The minimum Gasteiger partial charge on any atom is -0.469 e. The molecule has 0 aliphatic heterocycles. The van der Waals surface area contributed by atoms with E-state index in [1.165, 1.54) is 13.2 Å². The molecule has 0 aliphatic carbocycles. The second kappa shape index (κ2) is 6.04. The van der Waals surface area contributed by atoms with Crippen LogP contribution < -0.4 is 5.32 Å². The van der Waals surface area contributed by atoms with Crippen LogP contribution in [-0.4, -0.2) is 19.6 Å². The van der Waals surface area contributed by atoms with Crippen LogP contribution >= 0.6 is 0 Å². The first-order valence-electron chi connectivity index (χ1n) is 6.05. The van der Waals surface area contributed by atoms with Crippen LogP contribution in [0.5, 0.6) is 0 Å². The van der Waals surface area contributed by atoms with Gasteiger partial charge in [0.25, 0.3) is 0 Å². The highest BCUT2D eigenvalue weighted by Crippen LogP contribution is 2.32. The largest absolute Gasteiger partial charge is 0.469 e. The summed E-state index contributed by atoms with van der Waals surface area (Å²) in [4.78, 5) is 11.5.